The zero-order valence-electron chi connectivity index (χ0n) is 41.1. The summed E-state index contributed by atoms with van der Waals surface area (Å²) in [6.45, 7) is 20.8. The number of fused-ring (bicyclic) bond motifs is 4. The molecule has 11 nitrogen and oxygen atoms in total. The minimum atomic E-state index is -0.102. The van der Waals surface area contributed by atoms with Crippen molar-refractivity contribution in [2.45, 2.75) is 107 Å². The van der Waals surface area contributed by atoms with Gasteiger partial charge in [0.1, 0.15) is 11.4 Å². The molecule has 2 aliphatic heterocycles. The first-order chi connectivity index (χ1) is 32.6. The van der Waals surface area contributed by atoms with Gasteiger partial charge in [0.05, 0.1) is 46.3 Å². The van der Waals surface area contributed by atoms with Crippen LogP contribution in [0, 0.1) is 34.6 Å². The first-order valence-corrected chi connectivity index (χ1v) is 25.1. The van der Waals surface area contributed by atoms with E-state index in [9.17, 15) is 4.79 Å². The number of carbonyl (C=O) groups excluding carboxylic acids is 2. The highest BCUT2D eigenvalue weighted by molar-refractivity contribution is 6.35. The second-order valence-electron chi connectivity index (χ2n) is 19.2. The predicted molar refractivity (Wildman–Crippen MR) is 277 cm³/mol. The molecule has 1 atom stereocenters. The van der Waals surface area contributed by atoms with Gasteiger partial charge in [0, 0.05) is 103 Å². The van der Waals surface area contributed by atoms with Crippen molar-refractivity contribution in [2.75, 3.05) is 49.1 Å². The number of hydrogen-bond donors (Lipinski definition) is 0. The van der Waals surface area contributed by atoms with Crippen LogP contribution in [0.2, 0.25) is 10.0 Å². The Hall–Kier alpha value is -5.78. The van der Waals surface area contributed by atoms with E-state index >= 15 is 4.79 Å². The van der Waals surface area contributed by atoms with Gasteiger partial charge in [-0.25, -0.2) is 0 Å². The standard InChI is InChI=1S/C55H64Cl2N8O3/c1-10-11-12-14-43-29-40-25-33(2)26-48(52(40)63(43)32-41-30-42(18-19-58-41)62-22-20-61(21-23-62)39(8)66)64-31-36(5)65-53-46(16-17-47(56)50(53)49-37(6)59-60(9)38(49)7)45(54(65)55(64)67)15-13-24-68-44-27-34(3)51(57)35(4)28-44/h16-19,25-30,36H,10-15,20-24,31-32H2,1-9H3/t36-/m1/s1. The van der Waals surface area contributed by atoms with E-state index < -0.39 is 0 Å². The minimum absolute atomic E-state index is 0.0297. The van der Waals surface area contributed by atoms with E-state index in [1.807, 2.05) is 66.7 Å². The monoisotopic (exact) mass is 954 g/mol. The van der Waals surface area contributed by atoms with Crippen LogP contribution in [0.5, 0.6) is 5.75 Å². The van der Waals surface area contributed by atoms with Crippen LogP contribution in [0.1, 0.15) is 108 Å². The van der Waals surface area contributed by atoms with Gasteiger partial charge in [-0.15, -0.1) is 0 Å². The number of rotatable bonds is 14. The number of benzene rings is 3. The fourth-order valence-electron chi connectivity index (χ4n) is 10.9. The van der Waals surface area contributed by atoms with Gasteiger partial charge in [-0.2, -0.15) is 5.10 Å². The van der Waals surface area contributed by atoms with Gasteiger partial charge in [0.15, 0.2) is 0 Å². The molecule has 3 aromatic carbocycles. The lowest BCUT2D eigenvalue weighted by Gasteiger charge is -2.35. The maximum Gasteiger partial charge on any atom is 0.275 e. The quantitative estimate of drug-likeness (QED) is 0.101. The summed E-state index contributed by atoms with van der Waals surface area (Å²) in [5.74, 6) is 0.878. The first-order valence-electron chi connectivity index (χ1n) is 24.3. The van der Waals surface area contributed by atoms with Crippen LogP contribution < -0.4 is 14.5 Å². The number of halogens is 2. The van der Waals surface area contributed by atoms with Crippen LogP contribution in [0.25, 0.3) is 32.9 Å². The van der Waals surface area contributed by atoms with Crippen LogP contribution in [0.15, 0.2) is 60.8 Å². The van der Waals surface area contributed by atoms with E-state index in [2.05, 4.69) is 78.1 Å². The number of aromatic nitrogens is 5. The zero-order valence-corrected chi connectivity index (χ0v) is 42.6. The van der Waals surface area contributed by atoms with Crippen molar-refractivity contribution in [3.63, 3.8) is 0 Å². The molecule has 2 aliphatic rings. The third-order valence-electron chi connectivity index (χ3n) is 14.3. The molecule has 0 aliphatic carbocycles. The van der Waals surface area contributed by atoms with Gasteiger partial charge < -0.3 is 28.6 Å². The molecule has 0 saturated carbocycles. The Balaban J connectivity index is 1.15. The maximum atomic E-state index is 15.9. The fraction of sp³-hybridized carbons (Fsp3) is 0.418. The van der Waals surface area contributed by atoms with Gasteiger partial charge in [-0.3, -0.25) is 19.3 Å². The molecule has 4 aromatic heterocycles. The van der Waals surface area contributed by atoms with Crippen molar-refractivity contribution in [1.82, 2.24) is 28.8 Å². The van der Waals surface area contributed by atoms with Crippen LogP contribution in [0.3, 0.4) is 0 Å². The van der Waals surface area contributed by atoms with E-state index in [1.165, 1.54) is 5.69 Å². The molecule has 0 unspecified atom stereocenters. The van der Waals surface area contributed by atoms with Crippen LogP contribution in [-0.2, 0) is 31.2 Å². The van der Waals surface area contributed by atoms with Crippen molar-refractivity contribution in [2.24, 2.45) is 7.05 Å². The van der Waals surface area contributed by atoms with Gasteiger partial charge in [-0.05, 0) is 138 Å². The lowest BCUT2D eigenvalue weighted by atomic mass is 9.98. The number of nitrogens with zero attached hydrogens (tertiary/aromatic N) is 8. The molecule has 1 fully saturated rings. The second-order valence-corrected chi connectivity index (χ2v) is 20.0. The topological polar surface area (TPSA) is 93.7 Å². The zero-order chi connectivity index (χ0) is 48.1. The van der Waals surface area contributed by atoms with Crippen molar-refractivity contribution in [3.8, 4) is 16.9 Å². The largest absolute Gasteiger partial charge is 0.494 e. The highest BCUT2D eigenvalue weighted by atomic mass is 35.5. The average molecular weight is 956 g/mol. The van der Waals surface area contributed by atoms with Gasteiger partial charge in [-0.1, -0.05) is 49.0 Å². The van der Waals surface area contributed by atoms with Crippen LogP contribution in [-0.4, -0.2) is 79.9 Å². The maximum absolute atomic E-state index is 15.9. The lowest BCUT2D eigenvalue weighted by Crippen LogP contribution is -2.48. The molecule has 7 aromatic rings. The molecule has 0 radical (unpaired) electrons. The Morgan fingerprint density at radius 2 is 1.62 bits per heavy atom. The van der Waals surface area contributed by atoms with Crippen molar-refractivity contribution < 1.29 is 14.3 Å². The van der Waals surface area contributed by atoms with E-state index in [1.54, 1.807) is 6.92 Å². The van der Waals surface area contributed by atoms with Crippen molar-refractivity contribution in [1.29, 1.82) is 0 Å². The summed E-state index contributed by atoms with van der Waals surface area (Å²) >= 11 is 13.8. The lowest BCUT2D eigenvalue weighted by molar-refractivity contribution is -0.129. The SMILES string of the molecule is CCCCCc1cc2cc(C)cc(N3C[C@@H](C)n4c(c(CCCOc5cc(C)c(Cl)c(C)c5)c5ccc(Cl)c(-c6c(C)nn(C)c6C)c54)C3=O)c2n1Cc1cc(N2CCN(C(C)=O)CC2)ccn1. The molecule has 0 bridgehead atoms. The number of unbranched alkanes of at least 4 members (excludes halogenated alkanes) is 2. The first kappa shape index (κ1) is 47.3. The number of carbonyl (C=O) groups is 2. The van der Waals surface area contributed by atoms with Crippen molar-refractivity contribution >= 4 is 68.2 Å². The summed E-state index contributed by atoms with van der Waals surface area (Å²) < 4.78 is 13.0. The Bertz CT molecular complexity index is 3060. The second kappa shape index (κ2) is 19.3. The van der Waals surface area contributed by atoms with E-state index in [4.69, 9.17) is 38.0 Å². The summed E-state index contributed by atoms with van der Waals surface area (Å²) in [7, 11) is 1.96. The van der Waals surface area contributed by atoms with Gasteiger partial charge in [0.25, 0.3) is 5.91 Å². The predicted octanol–water partition coefficient (Wildman–Crippen LogP) is 11.9. The highest BCUT2D eigenvalue weighted by Crippen LogP contribution is 2.46. The molecule has 1 saturated heterocycles. The summed E-state index contributed by atoms with van der Waals surface area (Å²) in [4.78, 5) is 39.2. The summed E-state index contributed by atoms with van der Waals surface area (Å²) in [5.41, 5.74) is 14.8. The van der Waals surface area contributed by atoms with E-state index in [0.717, 1.165) is 133 Å². The number of amides is 2. The molecule has 0 N–H and O–H groups in total. The number of piperazine rings is 1. The number of aryl methyl sites for hydroxylation is 7. The molecule has 13 heteroatoms. The number of pyridine rings is 1. The molecular weight excluding hydrogens is 892 g/mol. The summed E-state index contributed by atoms with van der Waals surface area (Å²) in [6, 6.07) is 19.0. The Kier molecular flexibility index (Phi) is 13.4. The van der Waals surface area contributed by atoms with Crippen molar-refractivity contribution in [3.05, 3.63) is 122 Å². The smallest absolute Gasteiger partial charge is 0.275 e. The molecule has 2 amide bonds. The van der Waals surface area contributed by atoms with Crippen LogP contribution >= 0.6 is 23.2 Å². The third kappa shape index (κ3) is 8.77. The highest BCUT2D eigenvalue weighted by Gasteiger charge is 2.38. The molecular formula is C55H64Cl2N8O3. The molecule has 356 valence electrons. The van der Waals surface area contributed by atoms with Gasteiger partial charge in [0.2, 0.25) is 5.91 Å². The average Bonchev–Trinajstić information content (AvgIpc) is 3.92. The van der Waals surface area contributed by atoms with E-state index in [-0.39, 0.29) is 17.9 Å². The Morgan fingerprint density at radius 1 is 0.868 bits per heavy atom. The minimum Gasteiger partial charge on any atom is -0.494 e. The normalized spacial score (nSPS) is 15.3. The van der Waals surface area contributed by atoms with E-state index in [0.29, 0.717) is 56.3 Å². The number of anilines is 2. The molecule has 0 spiro atoms. The molecule has 6 heterocycles. The molecule has 68 heavy (non-hydrogen) atoms. The number of ether oxygens (including phenoxy) is 1. The third-order valence-corrected chi connectivity index (χ3v) is 15.2. The summed E-state index contributed by atoms with van der Waals surface area (Å²) in [5, 5.41) is 8.34. The Morgan fingerprint density at radius 3 is 2.31 bits per heavy atom. The fourth-order valence-corrected chi connectivity index (χ4v) is 11.2. The summed E-state index contributed by atoms with van der Waals surface area (Å²) in [6.07, 6.45) is 7.47. The number of hydrogen-bond acceptors (Lipinski definition) is 6. The van der Waals surface area contributed by atoms with Crippen LogP contribution in [0.4, 0.5) is 11.4 Å². The Labute approximate surface area is 410 Å². The molecule has 9 rings (SSSR count). The van der Waals surface area contributed by atoms with Gasteiger partial charge >= 0.3 is 0 Å².